The van der Waals surface area contributed by atoms with Crippen LogP contribution in [0.25, 0.3) is 0 Å². The Hall–Kier alpha value is -3.16. The van der Waals surface area contributed by atoms with E-state index in [0.717, 1.165) is 0 Å². The second kappa shape index (κ2) is 7.02. The van der Waals surface area contributed by atoms with Crippen LogP contribution in [0.15, 0.2) is 35.8 Å². The van der Waals surface area contributed by atoms with Crippen LogP contribution in [0.1, 0.15) is 16.1 Å². The first kappa shape index (κ1) is 15.2. The number of phenols is 1. The maximum Gasteiger partial charge on any atom is 0.291 e. The molecule has 0 spiro atoms. The fraction of sp³-hybridized carbons (Fsp3) is 0.143. The molecular formula is C14H14N4O4. The van der Waals surface area contributed by atoms with Gasteiger partial charge in [0.15, 0.2) is 11.5 Å². The highest BCUT2D eigenvalue weighted by molar-refractivity contribution is 5.93. The molecule has 0 saturated carbocycles. The number of amides is 1. The van der Waals surface area contributed by atoms with E-state index >= 15 is 0 Å². The van der Waals surface area contributed by atoms with E-state index in [2.05, 4.69) is 20.5 Å². The molecule has 2 N–H and O–H groups in total. The zero-order chi connectivity index (χ0) is 15.9. The number of carbonyl (C=O) groups is 1. The van der Waals surface area contributed by atoms with E-state index in [1.807, 2.05) is 0 Å². The number of nitrogens with zero attached hydrogens (tertiary/aromatic N) is 3. The fourth-order valence-corrected chi connectivity index (χ4v) is 1.61. The van der Waals surface area contributed by atoms with Gasteiger partial charge in [-0.25, -0.2) is 10.4 Å². The van der Waals surface area contributed by atoms with Gasteiger partial charge < -0.3 is 14.6 Å². The Balaban J connectivity index is 2.15. The molecule has 1 amide bonds. The highest BCUT2D eigenvalue weighted by Crippen LogP contribution is 2.33. The second-order valence-electron chi connectivity index (χ2n) is 4.06. The monoisotopic (exact) mass is 302 g/mol. The summed E-state index contributed by atoms with van der Waals surface area (Å²) in [4.78, 5) is 19.3. The van der Waals surface area contributed by atoms with Gasteiger partial charge in [0.2, 0.25) is 0 Å². The lowest BCUT2D eigenvalue weighted by atomic mass is 10.2. The molecule has 8 heteroatoms. The van der Waals surface area contributed by atoms with Crippen LogP contribution in [-0.4, -0.2) is 41.4 Å². The summed E-state index contributed by atoms with van der Waals surface area (Å²) in [5.41, 5.74) is 2.75. The van der Waals surface area contributed by atoms with Gasteiger partial charge in [-0.1, -0.05) is 0 Å². The van der Waals surface area contributed by atoms with Crippen molar-refractivity contribution in [3.05, 3.63) is 42.0 Å². The molecule has 2 aromatic rings. The number of hydrazone groups is 1. The maximum absolute atomic E-state index is 11.7. The molecule has 2 rings (SSSR count). The van der Waals surface area contributed by atoms with Crippen LogP contribution in [0.2, 0.25) is 0 Å². The van der Waals surface area contributed by atoms with E-state index in [4.69, 9.17) is 9.47 Å². The molecule has 0 unspecified atom stereocenters. The summed E-state index contributed by atoms with van der Waals surface area (Å²) in [7, 11) is 2.91. The third kappa shape index (κ3) is 3.48. The first-order valence-corrected chi connectivity index (χ1v) is 6.20. The summed E-state index contributed by atoms with van der Waals surface area (Å²) in [5, 5.41) is 13.8. The zero-order valence-corrected chi connectivity index (χ0v) is 12.0. The molecule has 0 aliphatic rings. The minimum atomic E-state index is -0.515. The van der Waals surface area contributed by atoms with Crippen LogP contribution in [0.3, 0.4) is 0 Å². The van der Waals surface area contributed by atoms with E-state index in [0.29, 0.717) is 11.3 Å². The van der Waals surface area contributed by atoms with Crippen molar-refractivity contribution in [2.24, 2.45) is 5.10 Å². The molecule has 0 aliphatic heterocycles. The van der Waals surface area contributed by atoms with Gasteiger partial charge in [-0.2, -0.15) is 5.10 Å². The van der Waals surface area contributed by atoms with Crippen LogP contribution in [0, 0.1) is 0 Å². The normalized spacial score (nSPS) is 10.5. The number of carbonyl (C=O) groups excluding carboxylic acids is 1. The molecule has 8 nitrogen and oxygen atoms in total. The predicted octanol–water partition coefficient (Wildman–Crippen LogP) is 0.963. The number of ether oxygens (including phenoxy) is 2. The summed E-state index contributed by atoms with van der Waals surface area (Å²) < 4.78 is 10.1. The topological polar surface area (TPSA) is 106 Å². The van der Waals surface area contributed by atoms with E-state index in [9.17, 15) is 9.90 Å². The van der Waals surface area contributed by atoms with Gasteiger partial charge >= 0.3 is 0 Å². The largest absolute Gasteiger partial charge is 0.504 e. The minimum Gasteiger partial charge on any atom is -0.504 e. The molecule has 0 fully saturated rings. The van der Waals surface area contributed by atoms with Crippen molar-refractivity contribution in [2.75, 3.05) is 14.2 Å². The van der Waals surface area contributed by atoms with Crippen molar-refractivity contribution in [1.82, 2.24) is 15.4 Å². The molecule has 1 aromatic heterocycles. The SMILES string of the molecule is COc1cc(C=NNC(=O)c2cnccn2)c(O)c(OC)c1. The summed E-state index contributed by atoms with van der Waals surface area (Å²) in [5.74, 6) is 0.0944. The second-order valence-corrected chi connectivity index (χ2v) is 4.06. The number of phenolic OH excluding ortho intramolecular Hbond substituents is 1. The molecule has 0 atom stereocenters. The van der Waals surface area contributed by atoms with Crippen molar-refractivity contribution in [3.63, 3.8) is 0 Å². The van der Waals surface area contributed by atoms with Crippen molar-refractivity contribution >= 4 is 12.1 Å². The smallest absolute Gasteiger partial charge is 0.291 e. The fourth-order valence-electron chi connectivity index (χ4n) is 1.61. The average molecular weight is 302 g/mol. The number of hydrogen-bond donors (Lipinski definition) is 2. The molecular weight excluding hydrogens is 288 g/mol. The van der Waals surface area contributed by atoms with Crippen LogP contribution in [-0.2, 0) is 0 Å². The standard InChI is InChI=1S/C14H14N4O4/c1-21-10-5-9(13(19)12(6-10)22-2)7-17-18-14(20)11-8-15-3-4-16-11/h3-8,19H,1-2H3,(H,18,20). The van der Waals surface area contributed by atoms with Crippen LogP contribution < -0.4 is 14.9 Å². The molecule has 0 aliphatic carbocycles. The quantitative estimate of drug-likeness (QED) is 0.629. The van der Waals surface area contributed by atoms with Crippen LogP contribution in [0.5, 0.6) is 17.2 Å². The summed E-state index contributed by atoms with van der Waals surface area (Å²) in [6.07, 6.45) is 5.45. The van der Waals surface area contributed by atoms with Gasteiger partial charge in [-0.05, 0) is 6.07 Å². The predicted molar refractivity (Wildman–Crippen MR) is 78.3 cm³/mol. The molecule has 1 heterocycles. The third-order valence-corrected chi connectivity index (χ3v) is 2.70. The zero-order valence-electron chi connectivity index (χ0n) is 12.0. The van der Waals surface area contributed by atoms with E-state index in [-0.39, 0.29) is 17.2 Å². The van der Waals surface area contributed by atoms with Gasteiger partial charge in [-0.3, -0.25) is 9.78 Å². The van der Waals surface area contributed by atoms with Crippen LogP contribution >= 0.6 is 0 Å². The molecule has 0 bridgehead atoms. The van der Waals surface area contributed by atoms with E-state index < -0.39 is 5.91 Å². The molecule has 22 heavy (non-hydrogen) atoms. The van der Waals surface area contributed by atoms with Gasteiger partial charge in [0.1, 0.15) is 11.4 Å². The molecule has 114 valence electrons. The molecule has 0 radical (unpaired) electrons. The number of aromatic nitrogens is 2. The summed E-state index contributed by atoms with van der Waals surface area (Å²) >= 11 is 0. The lowest BCUT2D eigenvalue weighted by molar-refractivity contribution is 0.0949. The van der Waals surface area contributed by atoms with Crippen molar-refractivity contribution < 1.29 is 19.4 Å². The first-order chi connectivity index (χ1) is 10.7. The maximum atomic E-state index is 11.7. The molecule has 0 saturated heterocycles. The van der Waals surface area contributed by atoms with E-state index in [1.54, 1.807) is 6.07 Å². The number of methoxy groups -OCH3 is 2. The lowest BCUT2D eigenvalue weighted by Crippen LogP contribution is -2.19. The number of rotatable bonds is 5. The number of benzene rings is 1. The molecule has 1 aromatic carbocycles. The summed E-state index contributed by atoms with van der Waals surface area (Å²) in [6, 6.07) is 3.08. The number of aromatic hydroxyl groups is 1. The average Bonchev–Trinajstić information content (AvgIpc) is 2.57. The third-order valence-electron chi connectivity index (χ3n) is 2.70. The minimum absolute atomic E-state index is 0.110. The Labute approximate surface area is 126 Å². The Morgan fingerprint density at radius 3 is 2.77 bits per heavy atom. The van der Waals surface area contributed by atoms with Crippen molar-refractivity contribution in [3.8, 4) is 17.2 Å². The van der Waals surface area contributed by atoms with Gasteiger partial charge in [0.25, 0.3) is 5.91 Å². The number of nitrogens with one attached hydrogen (secondary N) is 1. The van der Waals surface area contributed by atoms with Gasteiger partial charge in [-0.15, -0.1) is 0 Å². The van der Waals surface area contributed by atoms with Crippen LogP contribution in [0.4, 0.5) is 0 Å². The lowest BCUT2D eigenvalue weighted by Gasteiger charge is -2.08. The van der Waals surface area contributed by atoms with Crippen molar-refractivity contribution in [1.29, 1.82) is 0 Å². The highest BCUT2D eigenvalue weighted by atomic mass is 16.5. The van der Waals surface area contributed by atoms with Crippen molar-refractivity contribution in [2.45, 2.75) is 0 Å². The Bertz CT molecular complexity index is 689. The van der Waals surface area contributed by atoms with Gasteiger partial charge in [0, 0.05) is 24.0 Å². The van der Waals surface area contributed by atoms with Gasteiger partial charge in [0.05, 0.1) is 26.6 Å². The Kier molecular flexibility index (Phi) is 4.86. The Morgan fingerprint density at radius 2 is 2.14 bits per heavy atom. The first-order valence-electron chi connectivity index (χ1n) is 6.20. The number of hydrogen-bond acceptors (Lipinski definition) is 7. The highest BCUT2D eigenvalue weighted by Gasteiger charge is 2.10. The Morgan fingerprint density at radius 1 is 1.32 bits per heavy atom. The summed E-state index contributed by atoms with van der Waals surface area (Å²) in [6.45, 7) is 0. The van der Waals surface area contributed by atoms with E-state index in [1.165, 1.54) is 45.1 Å².